The van der Waals surface area contributed by atoms with E-state index in [1.165, 1.54) is 27.7 Å². The summed E-state index contributed by atoms with van der Waals surface area (Å²) >= 11 is 0. The summed E-state index contributed by atoms with van der Waals surface area (Å²) in [6.45, 7) is -0.165. The molecular formula is C9H11N7O2. The van der Waals surface area contributed by atoms with Crippen molar-refractivity contribution in [2.75, 3.05) is 11.1 Å². The zero-order valence-electron chi connectivity index (χ0n) is 9.57. The highest BCUT2D eigenvalue weighted by molar-refractivity contribution is 5.88. The van der Waals surface area contributed by atoms with Crippen molar-refractivity contribution in [1.82, 2.24) is 24.8 Å². The molecule has 0 aliphatic rings. The molecule has 1 amide bonds. The maximum Gasteiger partial charge on any atom is 0.270 e. The summed E-state index contributed by atoms with van der Waals surface area (Å²) in [5, 5.41) is 13.4. The summed E-state index contributed by atoms with van der Waals surface area (Å²) in [4.78, 5) is 24.3. The number of hydrogen-bond donors (Lipinski definition) is 2. The highest BCUT2D eigenvalue weighted by Crippen LogP contribution is 1.97. The molecule has 2 aromatic rings. The number of tetrazole rings is 1. The van der Waals surface area contributed by atoms with Gasteiger partial charge in [0.1, 0.15) is 6.54 Å². The zero-order chi connectivity index (χ0) is 13.1. The first-order chi connectivity index (χ1) is 8.54. The van der Waals surface area contributed by atoms with Crippen molar-refractivity contribution in [3.05, 3.63) is 28.7 Å². The van der Waals surface area contributed by atoms with Crippen LogP contribution in [0, 0.1) is 0 Å². The molecule has 0 saturated carbocycles. The molecule has 0 radical (unpaired) electrons. The second-order valence-corrected chi connectivity index (χ2v) is 3.58. The Hall–Kier alpha value is -2.71. The molecule has 0 fully saturated rings. The molecule has 2 aromatic heterocycles. The van der Waals surface area contributed by atoms with Gasteiger partial charge < -0.3 is 10.3 Å². The van der Waals surface area contributed by atoms with Crippen LogP contribution in [0.5, 0.6) is 0 Å². The van der Waals surface area contributed by atoms with E-state index in [0.717, 1.165) is 0 Å². The van der Waals surface area contributed by atoms with Crippen LogP contribution in [-0.2, 0) is 18.4 Å². The summed E-state index contributed by atoms with van der Waals surface area (Å²) in [6, 6.07) is 2.77. The molecule has 9 nitrogen and oxygen atoms in total. The third kappa shape index (κ3) is 2.70. The van der Waals surface area contributed by atoms with E-state index in [0.29, 0.717) is 5.69 Å². The van der Waals surface area contributed by atoms with Crippen LogP contribution in [0.4, 0.5) is 11.6 Å². The number of carbonyl (C=O) groups excluding carboxylic acids is 1. The molecule has 2 rings (SSSR count). The van der Waals surface area contributed by atoms with Crippen LogP contribution in [0.2, 0.25) is 0 Å². The maximum atomic E-state index is 11.6. The van der Waals surface area contributed by atoms with Crippen LogP contribution in [0.25, 0.3) is 0 Å². The molecule has 0 unspecified atom stereocenters. The van der Waals surface area contributed by atoms with Gasteiger partial charge in [0.25, 0.3) is 11.5 Å². The van der Waals surface area contributed by atoms with Gasteiger partial charge in [0.2, 0.25) is 5.91 Å². The number of nitrogens with zero attached hydrogens (tertiary/aromatic N) is 5. The van der Waals surface area contributed by atoms with Gasteiger partial charge in [0, 0.05) is 18.0 Å². The Kier molecular flexibility index (Phi) is 3.04. The third-order valence-electron chi connectivity index (χ3n) is 2.08. The predicted octanol–water partition coefficient (Wildman–Crippen LogP) is -1.41. The Labute approximate surface area is 101 Å². The van der Waals surface area contributed by atoms with Crippen LogP contribution in [0.1, 0.15) is 0 Å². The van der Waals surface area contributed by atoms with E-state index in [9.17, 15) is 9.59 Å². The predicted molar refractivity (Wildman–Crippen MR) is 62.5 cm³/mol. The quantitative estimate of drug-likeness (QED) is 0.689. The fraction of sp³-hybridized carbons (Fsp3) is 0.222. The van der Waals surface area contributed by atoms with Gasteiger partial charge in [-0.25, -0.2) is 0 Å². The number of rotatable bonds is 3. The van der Waals surface area contributed by atoms with Gasteiger partial charge in [0.15, 0.2) is 0 Å². The highest BCUT2D eigenvalue weighted by atomic mass is 16.2. The van der Waals surface area contributed by atoms with Gasteiger partial charge in [0.05, 0.1) is 7.05 Å². The molecule has 0 aliphatic carbocycles. The fourth-order valence-electron chi connectivity index (χ4n) is 1.33. The molecule has 2 heterocycles. The van der Waals surface area contributed by atoms with E-state index in [2.05, 4.69) is 20.7 Å². The Morgan fingerprint density at radius 3 is 2.94 bits per heavy atom. The number of aryl methyl sites for hydroxylation is 1. The van der Waals surface area contributed by atoms with E-state index in [1.54, 1.807) is 7.05 Å². The SMILES string of the molecule is Cn1nnc(NC(=O)Cn2cc(N)ccc2=O)n1. The average molecular weight is 249 g/mol. The summed E-state index contributed by atoms with van der Waals surface area (Å²) in [5.41, 5.74) is 5.62. The maximum absolute atomic E-state index is 11.6. The van der Waals surface area contributed by atoms with Gasteiger partial charge in [-0.1, -0.05) is 5.10 Å². The first-order valence-corrected chi connectivity index (χ1v) is 5.04. The van der Waals surface area contributed by atoms with Crippen molar-refractivity contribution in [2.24, 2.45) is 7.05 Å². The first-order valence-electron chi connectivity index (χ1n) is 5.04. The van der Waals surface area contributed by atoms with E-state index in [1.807, 2.05) is 0 Å². The molecule has 3 N–H and O–H groups in total. The summed E-state index contributed by atoms with van der Waals surface area (Å²) in [5.74, 6) is -0.352. The molecule has 0 spiro atoms. The molecule has 9 heteroatoms. The van der Waals surface area contributed by atoms with Crippen LogP contribution in [-0.4, -0.2) is 30.7 Å². The molecule has 94 valence electrons. The highest BCUT2D eigenvalue weighted by Gasteiger charge is 2.08. The van der Waals surface area contributed by atoms with Crippen molar-refractivity contribution in [3.8, 4) is 0 Å². The van der Waals surface area contributed by atoms with Gasteiger partial charge in [-0.05, 0) is 11.3 Å². The van der Waals surface area contributed by atoms with Crippen LogP contribution >= 0.6 is 0 Å². The first kappa shape index (κ1) is 11.8. The molecule has 0 bridgehead atoms. The van der Waals surface area contributed by atoms with Crippen molar-refractivity contribution < 1.29 is 4.79 Å². The summed E-state index contributed by atoms with van der Waals surface area (Å²) < 4.78 is 1.20. The normalized spacial score (nSPS) is 10.3. The van der Waals surface area contributed by atoms with E-state index < -0.39 is 5.91 Å². The smallest absolute Gasteiger partial charge is 0.270 e. The van der Waals surface area contributed by atoms with Gasteiger partial charge >= 0.3 is 0 Å². The standard InChI is InChI=1S/C9H11N7O2/c1-15-13-9(12-14-15)11-7(17)5-16-4-6(10)2-3-8(16)18/h2-4H,5,10H2,1H3,(H,11,13,17). The van der Waals surface area contributed by atoms with Crippen LogP contribution in [0.15, 0.2) is 23.1 Å². The minimum Gasteiger partial charge on any atom is -0.398 e. The molecule has 0 atom stereocenters. The van der Waals surface area contributed by atoms with Crippen molar-refractivity contribution in [2.45, 2.75) is 6.54 Å². The second-order valence-electron chi connectivity index (χ2n) is 3.58. The third-order valence-corrected chi connectivity index (χ3v) is 2.08. The lowest BCUT2D eigenvalue weighted by molar-refractivity contribution is -0.116. The van der Waals surface area contributed by atoms with Gasteiger partial charge in [-0.2, -0.15) is 4.80 Å². The Bertz CT molecular complexity index is 630. The molecular weight excluding hydrogens is 238 g/mol. The lowest BCUT2D eigenvalue weighted by Crippen LogP contribution is -2.27. The minimum absolute atomic E-state index is 0.0828. The number of aromatic nitrogens is 5. The Balaban J connectivity index is 2.07. The number of nitrogens with one attached hydrogen (secondary N) is 1. The lowest BCUT2D eigenvalue weighted by Gasteiger charge is -2.05. The van der Waals surface area contributed by atoms with Crippen molar-refractivity contribution in [3.63, 3.8) is 0 Å². The van der Waals surface area contributed by atoms with Gasteiger partial charge in [-0.3, -0.25) is 14.9 Å². The van der Waals surface area contributed by atoms with E-state index >= 15 is 0 Å². The number of anilines is 2. The lowest BCUT2D eigenvalue weighted by atomic mass is 10.4. The topological polar surface area (TPSA) is 121 Å². The largest absolute Gasteiger partial charge is 0.398 e. The van der Waals surface area contributed by atoms with Gasteiger partial charge in [-0.15, -0.1) is 5.10 Å². The fourth-order valence-corrected chi connectivity index (χ4v) is 1.33. The number of carbonyl (C=O) groups is 1. The number of hydrogen-bond acceptors (Lipinski definition) is 6. The van der Waals surface area contributed by atoms with Crippen LogP contribution in [0.3, 0.4) is 0 Å². The van der Waals surface area contributed by atoms with Crippen molar-refractivity contribution >= 4 is 17.5 Å². The molecule has 18 heavy (non-hydrogen) atoms. The molecule has 0 aromatic carbocycles. The number of nitrogens with two attached hydrogens (primary N) is 1. The summed E-state index contributed by atoms with van der Waals surface area (Å²) in [6.07, 6.45) is 1.39. The summed E-state index contributed by atoms with van der Waals surface area (Å²) in [7, 11) is 1.57. The second kappa shape index (κ2) is 4.65. The van der Waals surface area contributed by atoms with E-state index in [-0.39, 0.29) is 18.1 Å². The average Bonchev–Trinajstić information content (AvgIpc) is 2.69. The molecule has 0 saturated heterocycles. The van der Waals surface area contributed by atoms with E-state index in [4.69, 9.17) is 5.73 Å². The molecule has 0 aliphatic heterocycles. The zero-order valence-corrected chi connectivity index (χ0v) is 9.57. The number of nitrogen functional groups attached to an aromatic ring is 1. The number of pyridine rings is 1. The Morgan fingerprint density at radius 2 is 2.28 bits per heavy atom. The minimum atomic E-state index is -0.435. The number of amides is 1. The monoisotopic (exact) mass is 249 g/mol. The van der Waals surface area contributed by atoms with Crippen LogP contribution < -0.4 is 16.6 Å². The van der Waals surface area contributed by atoms with Crippen molar-refractivity contribution in [1.29, 1.82) is 0 Å². The Morgan fingerprint density at radius 1 is 1.50 bits per heavy atom.